The molecule has 16 heavy (non-hydrogen) atoms. The molecule has 0 aliphatic heterocycles. The first-order chi connectivity index (χ1) is 7.60. The van der Waals surface area contributed by atoms with Gasteiger partial charge < -0.3 is 14.5 Å². The zero-order chi connectivity index (χ0) is 12.1. The highest BCUT2D eigenvalue weighted by Crippen LogP contribution is 2.36. The molecule has 0 fully saturated rings. The van der Waals surface area contributed by atoms with Gasteiger partial charge in [0.2, 0.25) is 0 Å². The van der Waals surface area contributed by atoms with Crippen LogP contribution in [0.2, 0.25) is 5.02 Å². The SMILES string of the molecule is COc1ccc(/C=N/N(C)C)c(Cl)c1OC. The van der Waals surface area contributed by atoms with Crippen LogP contribution in [-0.4, -0.2) is 39.5 Å². The summed E-state index contributed by atoms with van der Waals surface area (Å²) >= 11 is 6.16. The van der Waals surface area contributed by atoms with Crippen LogP contribution in [0.1, 0.15) is 5.56 Å². The summed E-state index contributed by atoms with van der Waals surface area (Å²) in [4.78, 5) is 0. The van der Waals surface area contributed by atoms with E-state index in [0.717, 1.165) is 5.56 Å². The van der Waals surface area contributed by atoms with Crippen molar-refractivity contribution in [2.24, 2.45) is 5.10 Å². The number of ether oxygens (including phenoxy) is 2. The van der Waals surface area contributed by atoms with Gasteiger partial charge in [-0.15, -0.1) is 0 Å². The first-order valence-corrected chi connectivity index (χ1v) is 5.09. The zero-order valence-electron chi connectivity index (χ0n) is 9.82. The van der Waals surface area contributed by atoms with Gasteiger partial charge in [0.05, 0.1) is 25.5 Å². The summed E-state index contributed by atoms with van der Waals surface area (Å²) < 4.78 is 10.3. The van der Waals surface area contributed by atoms with E-state index in [1.54, 1.807) is 31.5 Å². The molecule has 4 nitrogen and oxygen atoms in total. The lowest BCUT2D eigenvalue weighted by molar-refractivity contribution is 0.355. The Morgan fingerprint density at radius 1 is 1.25 bits per heavy atom. The van der Waals surface area contributed by atoms with Crippen molar-refractivity contribution in [3.63, 3.8) is 0 Å². The van der Waals surface area contributed by atoms with E-state index in [1.807, 2.05) is 20.2 Å². The highest BCUT2D eigenvalue weighted by Gasteiger charge is 2.11. The summed E-state index contributed by atoms with van der Waals surface area (Å²) in [5.41, 5.74) is 0.785. The molecule has 1 aromatic rings. The summed E-state index contributed by atoms with van der Waals surface area (Å²) in [7, 11) is 6.80. The number of hydrazone groups is 1. The lowest BCUT2D eigenvalue weighted by atomic mass is 10.2. The van der Waals surface area contributed by atoms with E-state index in [4.69, 9.17) is 21.1 Å². The Morgan fingerprint density at radius 2 is 1.94 bits per heavy atom. The van der Waals surface area contributed by atoms with E-state index < -0.39 is 0 Å². The maximum absolute atomic E-state index is 6.16. The lowest BCUT2D eigenvalue weighted by Crippen LogP contribution is -2.02. The quantitative estimate of drug-likeness (QED) is 0.600. The summed E-state index contributed by atoms with van der Waals surface area (Å²) in [6.45, 7) is 0. The molecule has 0 heterocycles. The second-order valence-corrected chi connectivity index (χ2v) is 3.67. The highest BCUT2D eigenvalue weighted by molar-refractivity contribution is 6.34. The van der Waals surface area contributed by atoms with Gasteiger partial charge in [0.25, 0.3) is 0 Å². The van der Waals surface area contributed by atoms with Crippen LogP contribution in [-0.2, 0) is 0 Å². The number of nitrogens with zero attached hydrogens (tertiary/aromatic N) is 2. The van der Waals surface area contributed by atoms with Crippen molar-refractivity contribution in [2.75, 3.05) is 28.3 Å². The molecule has 0 bridgehead atoms. The van der Waals surface area contributed by atoms with Crippen LogP contribution in [0.4, 0.5) is 0 Å². The Morgan fingerprint density at radius 3 is 2.44 bits per heavy atom. The molecule has 0 saturated heterocycles. The Hall–Kier alpha value is -1.42. The normalized spacial score (nSPS) is 10.6. The monoisotopic (exact) mass is 242 g/mol. The van der Waals surface area contributed by atoms with E-state index in [9.17, 15) is 0 Å². The number of methoxy groups -OCH3 is 2. The fourth-order valence-corrected chi connectivity index (χ4v) is 1.46. The van der Waals surface area contributed by atoms with Crippen LogP contribution in [0.25, 0.3) is 0 Å². The standard InChI is InChI=1S/C11H15ClN2O2/c1-14(2)13-7-8-5-6-9(15-3)11(16-4)10(8)12/h5-7H,1-4H3/b13-7+. The first-order valence-electron chi connectivity index (χ1n) is 4.72. The van der Waals surface area contributed by atoms with Gasteiger partial charge in [-0.3, -0.25) is 0 Å². The average molecular weight is 243 g/mol. The van der Waals surface area contributed by atoms with Gasteiger partial charge in [0.1, 0.15) is 0 Å². The van der Waals surface area contributed by atoms with E-state index >= 15 is 0 Å². The number of hydrogen-bond acceptors (Lipinski definition) is 4. The van der Waals surface area contributed by atoms with Crippen molar-refractivity contribution in [1.82, 2.24) is 5.01 Å². The molecule has 0 saturated carbocycles. The maximum atomic E-state index is 6.16. The molecule has 0 radical (unpaired) electrons. The van der Waals surface area contributed by atoms with Crippen LogP contribution in [0.15, 0.2) is 17.2 Å². The molecule has 5 heteroatoms. The minimum atomic E-state index is 0.493. The number of halogens is 1. The summed E-state index contributed by atoms with van der Waals surface area (Å²) in [6, 6.07) is 3.62. The molecule has 1 rings (SSSR count). The molecule has 0 unspecified atom stereocenters. The van der Waals surface area contributed by atoms with Crippen LogP contribution < -0.4 is 9.47 Å². The largest absolute Gasteiger partial charge is 0.493 e. The first kappa shape index (κ1) is 12.6. The minimum absolute atomic E-state index is 0.493. The summed E-state index contributed by atoms with van der Waals surface area (Å²) in [6.07, 6.45) is 1.67. The smallest absolute Gasteiger partial charge is 0.180 e. The second-order valence-electron chi connectivity index (χ2n) is 3.30. The maximum Gasteiger partial charge on any atom is 0.180 e. The zero-order valence-corrected chi connectivity index (χ0v) is 10.6. The van der Waals surface area contributed by atoms with E-state index in [-0.39, 0.29) is 0 Å². The third kappa shape index (κ3) is 2.79. The van der Waals surface area contributed by atoms with Crippen molar-refractivity contribution >= 4 is 17.8 Å². The Kier molecular flexibility index (Phi) is 4.43. The molecule has 0 aliphatic rings. The highest BCUT2D eigenvalue weighted by atomic mass is 35.5. The summed E-state index contributed by atoms with van der Waals surface area (Å²) in [5, 5.41) is 6.29. The predicted octanol–water partition coefficient (Wildman–Crippen LogP) is 2.25. The van der Waals surface area contributed by atoms with Gasteiger partial charge in [0, 0.05) is 19.7 Å². The number of rotatable bonds is 4. The molecule has 0 aliphatic carbocycles. The Labute approximate surface area is 100 Å². The van der Waals surface area contributed by atoms with Gasteiger partial charge in [-0.2, -0.15) is 5.10 Å². The molecular formula is C11H15ClN2O2. The van der Waals surface area contributed by atoms with Crippen molar-refractivity contribution in [2.45, 2.75) is 0 Å². The third-order valence-corrected chi connectivity index (χ3v) is 2.33. The van der Waals surface area contributed by atoms with Gasteiger partial charge in [-0.1, -0.05) is 11.6 Å². The lowest BCUT2D eigenvalue weighted by Gasteiger charge is -2.11. The molecule has 1 aromatic carbocycles. The van der Waals surface area contributed by atoms with Gasteiger partial charge >= 0.3 is 0 Å². The molecule has 88 valence electrons. The van der Waals surface area contributed by atoms with Gasteiger partial charge in [-0.25, -0.2) is 0 Å². The second kappa shape index (κ2) is 5.61. The van der Waals surface area contributed by atoms with Gasteiger partial charge in [-0.05, 0) is 12.1 Å². The van der Waals surface area contributed by atoms with E-state index in [0.29, 0.717) is 16.5 Å². The van der Waals surface area contributed by atoms with Crippen molar-refractivity contribution in [3.05, 3.63) is 22.7 Å². The van der Waals surface area contributed by atoms with Crippen LogP contribution in [0.5, 0.6) is 11.5 Å². The predicted molar refractivity (Wildman–Crippen MR) is 65.8 cm³/mol. The van der Waals surface area contributed by atoms with E-state index in [1.165, 1.54) is 0 Å². The number of hydrogen-bond donors (Lipinski definition) is 0. The topological polar surface area (TPSA) is 34.1 Å². The molecule has 0 amide bonds. The van der Waals surface area contributed by atoms with Crippen LogP contribution in [0, 0.1) is 0 Å². The number of benzene rings is 1. The van der Waals surface area contributed by atoms with Crippen molar-refractivity contribution in [3.8, 4) is 11.5 Å². The van der Waals surface area contributed by atoms with E-state index in [2.05, 4.69) is 5.10 Å². The Balaban J connectivity index is 3.14. The molecule has 0 N–H and O–H groups in total. The van der Waals surface area contributed by atoms with Crippen molar-refractivity contribution in [1.29, 1.82) is 0 Å². The molecule has 0 atom stereocenters. The van der Waals surface area contributed by atoms with Gasteiger partial charge in [0.15, 0.2) is 11.5 Å². The Bertz CT molecular complexity index is 392. The molecular weight excluding hydrogens is 228 g/mol. The minimum Gasteiger partial charge on any atom is -0.493 e. The third-order valence-electron chi connectivity index (χ3n) is 1.94. The summed E-state index contributed by atoms with van der Waals surface area (Å²) in [5.74, 6) is 1.13. The fourth-order valence-electron chi connectivity index (χ4n) is 1.18. The average Bonchev–Trinajstić information content (AvgIpc) is 2.26. The van der Waals surface area contributed by atoms with Crippen LogP contribution >= 0.6 is 11.6 Å². The van der Waals surface area contributed by atoms with Crippen molar-refractivity contribution < 1.29 is 9.47 Å². The molecule has 0 aromatic heterocycles. The van der Waals surface area contributed by atoms with Crippen LogP contribution in [0.3, 0.4) is 0 Å². The molecule has 0 spiro atoms. The fraction of sp³-hybridized carbons (Fsp3) is 0.364.